The molecule has 3 aliphatic rings. The van der Waals surface area contributed by atoms with Crippen molar-refractivity contribution in [3.05, 3.63) is 65.9 Å². The maximum Gasteiger partial charge on any atom is 0.407 e. The Morgan fingerprint density at radius 3 is 2.14 bits per heavy atom. The molecule has 2 aromatic heterocycles. The zero-order valence-corrected chi connectivity index (χ0v) is 37.4. The minimum absolute atomic E-state index is 0.0614. The van der Waals surface area contributed by atoms with Crippen molar-refractivity contribution in [2.45, 2.75) is 76.6 Å². The number of aromatic amines is 2. The van der Waals surface area contributed by atoms with Crippen molar-refractivity contribution >= 4 is 45.8 Å². The van der Waals surface area contributed by atoms with Gasteiger partial charge in [0.2, 0.25) is 11.8 Å². The number of ether oxygens (including phenoxy) is 6. The highest BCUT2D eigenvalue weighted by Gasteiger charge is 2.43. The van der Waals surface area contributed by atoms with Crippen LogP contribution in [0.3, 0.4) is 0 Å². The topological polar surface area (TPSA) is 212 Å². The smallest absolute Gasteiger partial charge is 0.407 e. The lowest BCUT2D eigenvalue weighted by Gasteiger charge is -2.30. The van der Waals surface area contributed by atoms with Gasteiger partial charge in [-0.2, -0.15) is 0 Å². The Labute approximate surface area is 370 Å². The van der Waals surface area contributed by atoms with Crippen LogP contribution in [0.1, 0.15) is 62.9 Å². The molecule has 4 N–H and O–H groups in total. The molecule has 340 valence electrons. The lowest BCUT2D eigenvalue weighted by atomic mass is 9.92. The summed E-state index contributed by atoms with van der Waals surface area (Å²) in [6.45, 7) is 7.30. The molecule has 8 rings (SSSR count). The molecule has 0 bridgehead atoms. The lowest BCUT2D eigenvalue weighted by Crippen LogP contribution is -2.54. The highest BCUT2D eigenvalue weighted by atomic mass is 16.5. The summed E-state index contributed by atoms with van der Waals surface area (Å²) in [6.07, 6.45) is 0.471. The highest BCUT2D eigenvalue weighted by Crippen LogP contribution is 2.44. The molecule has 0 aliphatic carbocycles. The number of benzene rings is 3. The van der Waals surface area contributed by atoms with Gasteiger partial charge in [-0.1, -0.05) is 25.1 Å². The molecule has 64 heavy (non-hydrogen) atoms. The largest absolute Gasteiger partial charge is 0.488 e. The summed E-state index contributed by atoms with van der Waals surface area (Å²) in [4.78, 5) is 72.8. The van der Waals surface area contributed by atoms with Crippen molar-refractivity contribution in [3.63, 3.8) is 0 Å². The van der Waals surface area contributed by atoms with Gasteiger partial charge in [0.25, 0.3) is 0 Å². The quantitative estimate of drug-likeness (QED) is 0.113. The van der Waals surface area contributed by atoms with Crippen LogP contribution >= 0.6 is 0 Å². The predicted octanol–water partition coefficient (Wildman–Crippen LogP) is 5.63. The van der Waals surface area contributed by atoms with Crippen molar-refractivity contribution < 1.29 is 47.6 Å². The predicted molar refractivity (Wildman–Crippen MR) is 235 cm³/mol. The number of aromatic nitrogens is 4. The number of alkyl carbamates (subject to hydrolysis) is 2. The number of hydrogen-bond acceptors (Lipinski definition) is 12. The lowest BCUT2D eigenvalue weighted by molar-refractivity contribution is -0.138. The van der Waals surface area contributed by atoms with E-state index in [1.54, 1.807) is 37.0 Å². The molecule has 5 aromatic rings. The fourth-order valence-electron chi connectivity index (χ4n) is 9.38. The normalized spacial score (nSPS) is 21.1. The van der Waals surface area contributed by atoms with Crippen LogP contribution in [-0.2, 0) is 39.9 Å². The molecular weight excluding hydrogens is 825 g/mol. The number of carbonyl (C=O) groups is 4. The number of nitrogens with one attached hydrogen (secondary N) is 4. The number of likely N-dealkylation sites (tertiary alicyclic amines) is 2. The number of amides is 4. The monoisotopic (exact) mass is 880 g/mol. The molecule has 4 amide bonds. The van der Waals surface area contributed by atoms with Crippen molar-refractivity contribution in [2.24, 2.45) is 11.8 Å². The molecule has 0 saturated carbocycles. The molecule has 2 saturated heterocycles. The summed E-state index contributed by atoms with van der Waals surface area (Å²) in [6, 6.07) is 11.8. The molecule has 5 heterocycles. The fraction of sp³-hybridized carbons (Fsp3) is 0.478. The summed E-state index contributed by atoms with van der Waals surface area (Å²) in [5, 5.41) is 7.24. The van der Waals surface area contributed by atoms with Crippen LogP contribution in [0, 0.1) is 11.8 Å². The number of rotatable bonds is 13. The van der Waals surface area contributed by atoms with Crippen molar-refractivity contribution in [3.8, 4) is 28.1 Å². The number of methoxy groups -OCH3 is 5. The molecular formula is C46H56N8O10. The third-order valence-corrected chi connectivity index (χ3v) is 12.9. The molecule has 3 aromatic carbocycles. The number of hydrogen-bond donors (Lipinski definition) is 4. The first kappa shape index (κ1) is 44.4. The molecule has 0 spiro atoms. The van der Waals surface area contributed by atoms with Gasteiger partial charge in [0.15, 0.2) is 0 Å². The van der Waals surface area contributed by atoms with Gasteiger partial charge in [-0.05, 0) is 78.9 Å². The number of H-pyrrole nitrogens is 2. The van der Waals surface area contributed by atoms with Crippen LogP contribution < -0.4 is 15.4 Å². The number of imidazole rings is 2. The van der Waals surface area contributed by atoms with E-state index in [-0.39, 0.29) is 35.7 Å². The van der Waals surface area contributed by atoms with Gasteiger partial charge in [-0.15, -0.1) is 0 Å². The van der Waals surface area contributed by atoms with E-state index in [0.29, 0.717) is 50.8 Å². The van der Waals surface area contributed by atoms with Gasteiger partial charge in [0.1, 0.15) is 36.1 Å². The van der Waals surface area contributed by atoms with Gasteiger partial charge in [0.05, 0.1) is 68.0 Å². The zero-order valence-electron chi connectivity index (χ0n) is 37.4. The highest BCUT2D eigenvalue weighted by molar-refractivity contribution is 6.07. The van der Waals surface area contributed by atoms with E-state index in [2.05, 4.69) is 51.8 Å². The van der Waals surface area contributed by atoms with Crippen molar-refractivity contribution in [1.82, 2.24) is 40.4 Å². The summed E-state index contributed by atoms with van der Waals surface area (Å²) < 4.78 is 32.5. The molecule has 8 atom stereocenters. The van der Waals surface area contributed by atoms with Crippen LogP contribution in [0.15, 0.2) is 48.7 Å². The van der Waals surface area contributed by atoms with E-state index in [0.717, 1.165) is 55.5 Å². The Balaban J connectivity index is 1.05. The molecule has 18 heteroatoms. The van der Waals surface area contributed by atoms with Crippen LogP contribution in [0.4, 0.5) is 9.59 Å². The summed E-state index contributed by atoms with van der Waals surface area (Å²) in [5.74, 6) is 1.75. The number of carbonyl (C=O) groups excluding carboxylic acids is 4. The van der Waals surface area contributed by atoms with Crippen molar-refractivity contribution in [1.29, 1.82) is 0 Å². The molecule has 0 radical (unpaired) electrons. The van der Waals surface area contributed by atoms with E-state index in [9.17, 15) is 19.2 Å². The van der Waals surface area contributed by atoms with Crippen LogP contribution in [0.5, 0.6) is 5.75 Å². The average molecular weight is 881 g/mol. The van der Waals surface area contributed by atoms with E-state index < -0.39 is 36.5 Å². The second-order valence-corrected chi connectivity index (χ2v) is 17.0. The van der Waals surface area contributed by atoms with Gasteiger partial charge < -0.3 is 58.8 Å². The first-order valence-corrected chi connectivity index (χ1v) is 21.5. The first-order valence-electron chi connectivity index (χ1n) is 21.5. The average Bonchev–Trinajstić information content (AvgIpc) is 4.14. The van der Waals surface area contributed by atoms with Gasteiger partial charge in [0, 0.05) is 51.3 Å². The minimum Gasteiger partial charge on any atom is -0.488 e. The van der Waals surface area contributed by atoms with E-state index >= 15 is 0 Å². The SMILES string of the molecule is COC[C@H]1C[C@@H](c2ncc(-c3ccc4c(c3)COc3cc5c(ccc6nc([C@@H]7C[C@H](C)CN7C(=O)C(NC(=O)OC)C(C)OC)[nH]c65)cc3-4)[nH]2)N(C(=O)C(NC(=O)OC)C(C)OC)C1. The van der Waals surface area contributed by atoms with E-state index in [4.69, 9.17) is 38.4 Å². The second-order valence-electron chi connectivity index (χ2n) is 17.0. The number of nitrogens with zero attached hydrogens (tertiary/aromatic N) is 4. The van der Waals surface area contributed by atoms with E-state index in [1.165, 1.54) is 28.4 Å². The Bertz CT molecular complexity index is 2560. The summed E-state index contributed by atoms with van der Waals surface area (Å²) in [7, 11) is 7.14. The molecule has 18 nitrogen and oxygen atoms in total. The Kier molecular flexibility index (Phi) is 12.8. The van der Waals surface area contributed by atoms with Crippen molar-refractivity contribution in [2.75, 3.05) is 55.2 Å². The maximum atomic E-state index is 14.0. The van der Waals surface area contributed by atoms with E-state index in [1.807, 2.05) is 18.2 Å². The van der Waals surface area contributed by atoms with Crippen LogP contribution in [0.2, 0.25) is 0 Å². The summed E-state index contributed by atoms with van der Waals surface area (Å²) >= 11 is 0. The first-order chi connectivity index (χ1) is 30.8. The van der Waals surface area contributed by atoms with Gasteiger partial charge in [-0.25, -0.2) is 19.6 Å². The van der Waals surface area contributed by atoms with Gasteiger partial charge in [-0.3, -0.25) is 9.59 Å². The third kappa shape index (κ3) is 8.44. The molecule has 3 aliphatic heterocycles. The van der Waals surface area contributed by atoms with Crippen LogP contribution in [-0.4, -0.2) is 133 Å². The maximum absolute atomic E-state index is 14.0. The Hall–Kier alpha value is -6.24. The Morgan fingerprint density at radius 1 is 0.812 bits per heavy atom. The molecule has 4 unspecified atom stereocenters. The Morgan fingerprint density at radius 2 is 1.48 bits per heavy atom. The number of fused-ring (bicyclic) bond motifs is 6. The zero-order chi connectivity index (χ0) is 45.4. The fourth-order valence-corrected chi connectivity index (χ4v) is 9.38. The van der Waals surface area contributed by atoms with Gasteiger partial charge >= 0.3 is 12.2 Å². The third-order valence-electron chi connectivity index (χ3n) is 12.9. The minimum atomic E-state index is -0.966. The summed E-state index contributed by atoms with van der Waals surface area (Å²) in [5.41, 5.74) is 6.34. The standard InChI is InChI=1S/C46H56N8O10/c1-23-13-35(53(19-23)43(55)38(24(2)60-5)51-45(57)62-7)42-48-33-12-10-27-16-32-30-11-9-28(15-29(30)22-64-37(32)17-31(27)40(33)50-42)34-18-47-41(49-34)36-14-26(21-59-4)20-54(36)44(56)39(25(3)61-6)52-46(58)63-8/h9-12,15-18,23-26,35-36,38-39H,13-14,19-22H2,1-8H3,(H,47,49)(H,48,50)(H,51,57)(H,52,58)/t23-,24?,25?,26-,35-,36-,38?,39?/m0/s1. The van der Waals surface area contributed by atoms with Crippen LogP contribution in [0.25, 0.3) is 44.2 Å². The second kappa shape index (κ2) is 18.5. The molecule has 2 fully saturated rings.